The number of hydrogen-bond acceptors (Lipinski definition) is 4. The molecule has 1 aromatic carbocycles. The third-order valence-electron chi connectivity index (χ3n) is 3.32. The van der Waals surface area contributed by atoms with Gasteiger partial charge in [-0.1, -0.05) is 0 Å². The number of sulfonamides is 1. The van der Waals surface area contributed by atoms with E-state index in [4.69, 9.17) is 4.74 Å². The van der Waals surface area contributed by atoms with E-state index in [1.165, 1.54) is 4.31 Å². The lowest BCUT2D eigenvalue weighted by atomic mass is 10.2. The topological polar surface area (TPSA) is 75.7 Å². The Balaban J connectivity index is 1.99. The number of alkyl carbamates (subject to hydrolysis) is 1. The third kappa shape index (κ3) is 5.05. The highest BCUT2D eigenvalue weighted by Gasteiger charge is 2.33. The van der Waals surface area contributed by atoms with Gasteiger partial charge in [-0.2, -0.15) is 4.31 Å². The van der Waals surface area contributed by atoms with Crippen LogP contribution < -0.4 is 5.32 Å². The van der Waals surface area contributed by atoms with Gasteiger partial charge in [0.1, 0.15) is 5.60 Å². The number of nitrogens with one attached hydrogen (secondary N) is 1. The van der Waals surface area contributed by atoms with Crippen LogP contribution in [0, 0.1) is 3.57 Å². The number of carbonyl (C=O) groups is 1. The molecule has 0 radical (unpaired) electrons. The Hall–Kier alpha value is -0.870. The van der Waals surface area contributed by atoms with Gasteiger partial charge in [-0.05, 0) is 74.0 Å². The molecule has 0 bridgehead atoms. The second-order valence-corrected chi connectivity index (χ2v) is 9.63. The number of benzene rings is 1. The normalized spacial score (nSPS) is 19.6. The Morgan fingerprint density at radius 1 is 1.30 bits per heavy atom. The van der Waals surface area contributed by atoms with E-state index in [1.807, 2.05) is 0 Å². The van der Waals surface area contributed by atoms with Crippen molar-refractivity contribution in [1.29, 1.82) is 0 Å². The van der Waals surface area contributed by atoms with Crippen LogP contribution in [0.5, 0.6) is 0 Å². The quantitative estimate of drug-likeness (QED) is 0.716. The molecule has 6 nitrogen and oxygen atoms in total. The van der Waals surface area contributed by atoms with Gasteiger partial charge in [0.05, 0.1) is 4.90 Å². The maximum absolute atomic E-state index is 12.6. The first-order valence-electron chi connectivity index (χ1n) is 7.33. The van der Waals surface area contributed by atoms with Crippen LogP contribution in [0.2, 0.25) is 0 Å². The van der Waals surface area contributed by atoms with E-state index < -0.39 is 21.7 Å². The second kappa shape index (κ2) is 6.94. The standard InChI is InChI=1S/C15H21IN2O4S/c1-15(2,3)22-14(19)17-12-8-9-18(10-12)23(20,21)13-6-4-11(16)5-7-13/h4-7,12H,8-10H2,1-3H3,(H,17,19). The van der Waals surface area contributed by atoms with E-state index in [-0.39, 0.29) is 17.5 Å². The van der Waals surface area contributed by atoms with Crippen LogP contribution in [0.4, 0.5) is 4.79 Å². The molecule has 23 heavy (non-hydrogen) atoms. The maximum Gasteiger partial charge on any atom is 0.407 e. The number of carbonyl (C=O) groups excluding carboxylic acids is 1. The lowest BCUT2D eigenvalue weighted by molar-refractivity contribution is 0.0507. The first-order valence-corrected chi connectivity index (χ1v) is 9.85. The molecule has 0 saturated carbocycles. The highest BCUT2D eigenvalue weighted by Crippen LogP contribution is 2.22. The van der Waals surface area contributed by atoms with Gasteiger partial charge in [0.25, 0.3) is 0 Å². The molecule has 1 atom stereocenters. The summed E-state index contributed by atoms with van der Waals surface area (Å²) >= 11 is 2.13. The highest BCUT2D eigenvalue weighted by atomic mass is 127. The fourth-order valence-electron chi connectivity index (χ4n) is 2.29. The molecule has 128 valence electrons. The van der Waals surface area contributed by atoms with Crippen LogP contribution in [-0.2, 0) is 14.8 Å². The van der Waals surface area contributed by atoms with Crippen LogP contribution in [0.15, 0.2) is 29.2 Å². The van der Waals surface area contributed by atoms with Crippen molar-refractivity contribution in [3.05, 3.63) is 27.8 Å². The van der Waals surface area contributed by atoms with Crippen LogP contribution in [0.1, 0.15) is 27.2 Å². The molecule has 1 fully saturated rings. The third-order valence-corrected chi connectivity index (χ3v) is 5.92. The SMILES string of the molecule is CC(C)(C)OC(=O)NC1CCN(S(=O)(=O)c2ccc(I)cc2)C1. The number of nitrogens with zero attached hydrogens (tertiary/aromatic N) is 1. The number of hydrogen-bond donors (Lipinski definition) is 1. The van der Waals surface area contributed by atoms with Gasteiger partial charge in [0.2, 0.25) is 10.0 Å². The first kappa shape index (κ1) is 18.5. The van der Waals surface area contributed by atoms with Gasteiger partial charge in [0, 0.05) is 22.7 Å². The van der Waals surface area contributed by atoms with Crippen molar-refractivity contribution < 1.29 is 17.9 Å². The van der Waals surface area contributed by atoms with Crippen LogP contribution in [-0.4, -0.2) is 43.5 Å². The average molecular weight is 452 g/mol. The number of ether oxygens (including phenoxy) is 1. The summed E-state index contributed by atoms with van der Waals surface area (Å²) in [6.45, 7) is 6.00. The summed E-state index contributed by atoms with van der Waals surface area (Å²) in [5.41, 5.74) is -0.574. The van der Waals surface area contributed by atoms with Crippen LogP contribution >= 0.6 is 22.6 Å². The van der Waals surface area contributed by atoms with E-state index in [0.717, 1.165) is 3.57 Å². The molecule has 1 N–H and O–H groups in total. The van der Waals surface area contributed by atoms with Crippen molar-refractivity contribution in [2.24, 2.45) is 0 Å². The zero-order valence-corrected chi connectivity index (χ0v) is 16.3. The second-order valence-electron chi connectivity index (χ2n) is 6.45. The van der Waals surface area contributed by atoms with Crippen molar-refractivity contribution in [2.75, 3.05) is 13.1 Å². The van der Waals surface area contributed by atoms with Gasteiger partial charge in [-0.3, -0.25) is 0 Å². The molecule has 0 spiro atoms. The minimum Gasteiger partial charge on any atom is -0.444 e. The summed E-state index contributed by atoms with van der Waals surface area (Å²) < 4.78 is 32.7. The smallest absolute Gasteiger partial charge is 0.407 e. The summed E-state index contributed by atoms with van der Waals surface area (Å²) in [5.74, 6) is 0. The maximum atomic E-state index is 12.6. The van der Waals surface area contributed by atoms with Gasteiger partial charge in [-0.15, -0.1) is 0 Å². The van der Waals surface area contributed by atoms with E-state index >= 15 is 0 Å². The molecule has 1 unspecified atom stereocenters. The van der Waals surface area contributed by atoms with Gasteiger partial charge in [-0.25, -0.2) is 13.2 Å². The Labute approximate surface area is 150 Å². The van der Waals surface area contributed by atoms with E-state index in [0.29, 0.717) is 13.0 Å². The molecule has 2 rings (SSSR count). The van der Waals surface area contributed by atoms with E-state index in [2.05, 4.69) is 27.9 Å². The highest BCUT2D eigenvalue weighted by molar-refractivity contribution is 14.1. The average Bonchev–Trinajstić information content (AvgIpc) is 2.86. The van der Waals surface area contributed by atoms with Gasteiger partial charge >= 0.3 is 6.09 Å². The summed E-state index contributed by atoms with van der Waals surface area (Å²) in [6, 6.07) is 6.50. The Morgan fingerprint density at radius 3 is 2.48 bits per heavy atom. The van der Waals surface area contributed by atoms with E-state index in [1.54, 1.807) is 45.0 Å². The Kier molecular flexibility index (Phi) is 5.57. The monoisotopic (exact) mass is 452 g/mol. The van der Waals surface area contributed by atoms with Crippen molar-refractivity contribution in [2.45, 2.75) is 43.7 Å². The van der Waals surface area contributed by atoms with Crippen molar-refractivity contribution in [3.63, 3.8) is 0 Å². The molecule has 1 aliphatic heterocycles. The molecule has 1 aromatic rings. The van der Waals surface area contributed by atoms with Crippen LogP contribution in [0.25, 0.3) is 0 Å². The number of rotatable bonds is 3. The Morgan fingerprint density at radius 2 is 1.91 bits per heavy atom. The van der Waals surface area contributed by atoms with Gasteiger partial charge < -0.3 is 10.1 Å². The summed E-state index contributed by atoms with van der Waals surface area (Å²) in [6.07, 6.45) is 0.0547. The fourth-order valence-corrected chi connectivity index (χ4v) is 4.15. The van der Waals surface area contributed by atoms with E-state index in [9.17, 15) is 13.2 Å². The molecule has 0 aliphatic carbocycles. The summed E-state index contributed by atoms with van der Waals surface area (Å²) in [5, 5.41) is 2.73. The molecule has 1 saturated heterocycles. The predicted molar refractivity (Wildman–Crippen MR) is 95.7 cm³/mol. The zero-order chi connectivity index (χ0) is 17.3. The molecule has 1 amide bonds. The minimum atomic E-state index is -3.52. The molecule has 8 heteroatoms. The summed E-state index contributed by atoms with van der Waals surface area (Å²) in [7, 11) is -3.52. The number of amides is 1. The minimum absolute atomic E-state index is 0.233. The molecule has 0 aromatic heterocycles. The van der Waals surface area contributed by atoms with Crippen molar-refractivity contribution in [1.82, 2.24) is 9.62 Å². The van der Waals surface area contributed by atoms with Crippen LogP contribution in [0.3, 0.4) is 0 Å². The molecular weight excluding hydrogens is 431 g/mol. The predicted octanol–water partition coefficient (Wildman–Crippen LogP) is 2.58. The van der Waals surface area contributed by atoms with Crippen molar-refractivity contribution >= 4 is 38.7 Å². The lowest BCUT2D eigenvalue weighted by Gasteiger charge is -2.22. The Bertz CT molecular complexity index is 668. The summed E-state index contributed by atoms with van der Waals surface area (Å²) in [4.78, 5) is 12.1. The lowest BCUT2D eigenvalue weighted by Crippen LogP contribution is -2.41. The number of halogens is 1. The van der Waals surface area contributed by atoms with Gasteiger partial charge in [0.15, 0.2) is 0 Å². The molecule has 1 heterocycles. The fraction of sp³-hybridized carbons (Fsp3) is 0.533. The largest absolute Gasteiger partial charge is 0.444 e. The zero-order valence-electron chi connectivity index (χ0n) is 13.4. The van der Waals surface area contributed by atoms with Crippen molar-refractivity contribution in [3.8, 4) is 0 Å². The molecular formula is C15H21IN2O4S. The molecule has 1 aliphatic rings. The first-order chi connectivity index (χ1) is 10.6.